The minimum absolute atomic E-state index is 0.0186. The van der Waals surface area contributed by atoms with Crippen LogP contribution in [0.15, 0.2) is 12.1 Å². The van der Waals surface area contributed by atoms with Crippen molar-refractivity contribution < 1.29 is 18.3 Å². The molecule has 2 nitrogen and oxygen atoms in total. The van der Waals surface area contributed by atoms with Crippen molar-refractivity contribution in [2.45, 2.75) is 5.92 Å². The van der Waals surface area contributed by atoms with E-state index in [0.717, 1.165) is 12.1 Å². The molecule has 1 fully saturated rings. The first-order valence-electron chi connectivity index (χ1n) is 4.90. The Hall–Kier alpha value is -0.970. The highest BCUT2D eigenvalue weighted by molar-refractivity contribution is 9.09. The first kappa shape index (κ1) is 10.2. The Bertz CT molecular complexity index is 489. The maximum Gasteiger partial charge on any atom is 0.315 e. The van der Waals surface area contributed by atoms with E-state index in [-0.39, 0.29) is 29.1 Å². The summed E-state index contributed by atoms with van der Waals surface area (Å²) in [5, 5.41) is 0.590. The second-order valence-corrected chi connectivity index (χ2v) is 4.71. The third kappa shape index (κ3) is 1.18. The molecule has 3 atom stereocenters. The number of rotatable bonds is 1. The summed E-state index contributed by atoms with van der Waals surface area (Å²) in [7, 11) is 0. The number of fused-ring (bicyclic) bond motifs is 3. The first-order valence-corrected chi connectivity index (χ1v) is 6.03. The number of halogens is 3. The van der Waals surface area contributed by atoms with Crippen LogP contribution in [-0.2, 0) is 4.79 Å². The van der Waals surface area contributed by atoms with Gasteiger partial charge in [0.05, 0.1) is 5.92 Å². The van der Waals surface area contributed by atoms with Gasteiger partial charge in [-0.15, -0.1) is 0 Å². The molecule has 0 aromatic heterocycles. The van der Waals surface area contributed by atoms with Crippen molar-refractivity contribution >= 4 is 21.9 Å². The number of benzene rings is 1. The molecule has 0 N–H and O–H groups in total. The summed E-state index contributed by atoms with van der Waals surface area (Å²) in [6, 6.07) is 2.06. The molecule has 0 amide bonds. The average Bonchev–Trinajstić information content (AvgIpc) is 2.98. The third-order valence-corrected chi connectivity index (χ3v) is 4.00. The molecular formula is C11H7BrF2O2. The van der Waals surface area contributed by atoms with Crippen LogP contribution in [0.2, 0.25) is 0 Å². The lowest BCUT2D eigenvalue weighted by Crippen LogP contribution is -2.18. The van der Waals surface area contributed by atoms with E-state index >= 15 is 0 Å². The highest BCUT2D eigenvalue weighted by atomic mass is 79.9. The minimum atomic E-state index is -0.677. The third-order valence-electron chi connectivity index (χ3n) is 3.25. The van der Waals surface area contributed by atoms with Crippen LogP contribution in [0.5, 0.6) is 5.75 Å². The van der Waals surface area contributed by atoms with Crippen LogP contribution in [0.3, 0.4) is 0 Å². The van der Waals surface area contributed by atoms with E-state index in [0.29, 0.717) is 5.33 Å². The Morgan fingerprint density at radius 2 is 1.94 bits per heavy atom. The van der Waals surface area contributed by atoms with Gasteiger partial charge in [0.1, 0.15) is 5.82 Å². The fourth-order valence-corrected chi connectivity index (χ4v) is 3.22. The number of alkyl halides is 1. The van der Waals surface area contributed by atoms with Gasteiger partial charge in [-0.05, 0) is 18.1 Å². The van der Waals surface area contributed by atoms with Gasteiger partial charge >= 0.3 is 5.97 Å². The predicted octanol–water partition coefficient (Wildman–Crippen LogP) is 2.61. The largest absolute Gasteiger partial charge is 0.423 e. The Balaban J connectivity index is 2.16. The van der Waals surface area contributed by atoms with E-state index in [9.17, 15) is 13.6 Å². The average molecular weight is 289 g/mol. The summed E-state index contributed by atoms with van der Waals surface area (Å²) in [4.78, 5) is 11.5. The molecule has 1 heterocycles. The smallest absolute Gasteiger partial charge is 0.315 e. The fraction of sp³-hybridized carbons (Fsp3) is 0.364. The molecule has 0 saturated heterocycles. The Kier molecular flexibility index (Phi) is 2.08. The van der Waals surface area contributed by atoms with Crippen molar-refractivity contribution in [2.75, 3.05) is 5.33 Å². The zero-order chi connectivity index (χ0) is 11.4. The van der Waals surface area contributed by atoms with E-state index in [1.807, 2.05) is 0 Å². The molecule has 0 spiro atoms. The summed E-state index contributed by atoms with van der Waals surface area (Å²) in [6.07, 6.45) is 0. The molecule has 1 aliphatic heterocycles. The molecule has 1 saturated carbocycles. The van der Waals surface area contributed by atoms with Gasteiger partial charge < -0.3 is 4.74 Å². The summed E-state index contributed by atoms with van der Waals surface area (Å²) in [5.74, 6) is -2.38. The van der Waals surface area contributed by atoms with E-state index in [1.165, 1.54) is 0 Å². The summed E-state index contributed by atoms with van der Waals surface area (Å²) in [5.41, 5.74) is 0.217. The zero-order valence-corrected chi connectivity index (χ0v) is 9.63. The van der Waals surface area contributed by atoms with Gasteiger partial charge in [-0.3, -0.25) is 4.79 Å². The van der Waals surface area contributed by atoms with Crippen LogP contribution in [0, 0.1) is 23.5 Å². The summed E-state index contributed by atoms with van der Waals surface area (Å²) < 4.78 is 31.8. The van der Waals surface area contributed by atoms with Crippen molar-refractivity contribution in [1.29, 1.82) is 0 Å². The summed E-state index contributed by atoms with van der Waals surface area (Å²) in [6.45, 7) is 0. The van der Waals surface area contributed by atoms with Crippen LogP contribution in [0.1, 0.15) is 11.5 Å². The van der Waals surface area contributed by atoms with Crippen LogP contribution in [0.4, 0.5) is 8.78 Å². The highest BCUT2D eigenvalue weighted by Gasteiger charge is 2.60. The number of carbonyl (C=O) groups excluding carboxylic acids is 1. The number of hydrogen-bond donors (Lipinski definition) is 0. The quantitative estimate of drug-likeness (QED) is 0.451. The van der Waals surface area contributed by atoms with Crippen molar-refractivity contribution in [2.24, 2.45) is 11.8 Å². The molecule has 0 radical (unpaired) electrons. The second kappa shape index (κ2) is 3.26. The molecule has 0 bridgehead atoms. The van der Waals surface area contributed by atoms with E-state index in [4.69, 9.17) is 4.74 Å². The Morgan fingerprint density at radius 1 is 1.25 bits per heavy atom. The number of ether oxygens (including phenoxy) is 1. The van der Waals surface area contributed by atoms with Gasteiger partial charge in [0, 0.05) is 16.8 Å². The lowest BCUT2D eigenvalue weighted by Gasteiger charge is -2.15. The van der Waals surface area contributed by atoms with E-state index < -0.39 is 17.6 Å². The first-order chi connectivity index (χ1) is 7.65. The molecule has 1 aromatic carbocycles. The van der Waals surface area contributed by atoms with Crippen LogP contribution >= 0.6 is 15.9 Å². The van der Waals surface area contributed by atoms with Crippen LogP contribution < -0.4 is 4.74 Å². The zero-order valence-electron chi connectivity index (χ0n) is 8.04. The molecule has 3 rings (SSSR count). The molecule has 1 aromatic rings. The lowest BCUT2D eigenvalue weighted by atomic mass is 10.0. The predicted molar refractivity (Wildman–Crippen MR) is 55.5 cm³/mol. The van der Waals surface area contributed by atoms with Crippen molar-refractivity contribution in [3.63, 3.8) is 0 Å². The number of esters is 1. The van der Waals surface area contributed by atoms with Crippen LogP contribution in [-0.4, -0.2) is 11.3 Å². The topological polar surface area (TPSA) is 26.3 Å². The number of carbonyl (C=O) groups is 1. The number of hydrogen-bond acceptors (Lipinski definition) is 2. The highest BCUT2D eigenvalue weighted by Crippen LogP contribution is 2.60. The van der Waals surface area contributed by atoms with Gasteiger partial charge in [0.15, 0.2) is 11.6 Å². The normalized spacial score (nSPS) is 30.4. The van der Waals surface area contributed by atoms with Crippen molar-refractivity contribution in [3.05, 3.63) is 29.3 Å². The maximum absolute atomic E-state index is 13.6. The minimum Gasteiger partial charge on any atom is -0.423 e. The molecule has 1 aliphatic carbocycles. The van der Waals surface area contributed by atoms with Crippen LogP contribution in [0.25, 0.3) is 0 Å². The second-order valence-electron chi connectivity index (χ2n) is 4.06. The maximum atomic E-state index is 13.6. The van der Waals surface area contributed by atoms with Gasteiger partial charge in [-0.2, -0.15) is 0 Å². The molecular weight excluding hydrogens is 282 g/mol. The monoisotopic (exact) mass is 288 g/mol. The van der Waals surface area contributed by atoms with Gasteiger partial charge in [-0.25, -0.2) is 8.78 Å². The molecule has 2 aliphatic rings. The standard InChI is InChI=1S/C11H7BrF2O2/c12-3-4-7-8(4)11(15)16-10-6(14)2-1-5(13)9(7)10/h1-2,4,7-8H,3H2/t4-,7?,8?/m0/s1. The molecule has 84 valence electrons. The van der Waals surface area contributed by atoms with Gasteiger partial charge in [0.2, 0.25) is 0 Å². The van der Waals surface area contributed by atoms with Crippen molar-refractivity contribution in [3.8, 4) is 5.75 Å². The van der Waals surface area contributed by atoms with E-state index in [1.54, 1.807) is 0 Å². The fourth-order valence-electron chi connectivity index (χ4n) is 2.41. The van der Waals surface area contributed by atoms with Crippen molar-refractivity contribution in [1.82, 2.24) is 0 Å². The van der Waals surface area contributed by atoms with Gasteiger partial charge in [-0.1, -0.05) is 15.9 Å². The lowest BCUT2D eigenvalue weighted by molar-refractivity contribution is -0.137. The van der Waals surface area contributed by atoms with E-state index in [2.05, 4.69) is 15.9 Å². The van der Waals surface area contributed by atoms with Gasteiger partial charge in [0.25, 0.3) is 0 Å². The Labute approximate surface area is 98.7 Å². The summed E-state index contributed by atoms with van der Waals surface area (Å²) >= 11 is 3.26. The molecule has 5 heteroatoms. The molecule has 16 heavy (non-hydrogen) atoms. The Morgan fingerprint density at radius 3 is 2.62 bits per heavy atom. The molecule has 2 unspecified atom stereocenters. The SMILES string of the molecule is O=C1Oc2c(F)ccc(F)c2C2C1[C@H]2CBr.